The third kappa shape index (κ3) is 4.24. The van der Waals surface area contributed by atoms with Crippen LogP contribution in [-0.2, 0) is 6.18 Å². The molecule has 0 saturated carbocycles. The van der Waals surface area contributed by atoms with Gasteiger partial charge >= 0.3 is 12.2 Å². The van der Waals surface area contributed by atoms with E-state index in [0.717, 1.165) is 12.1 Å². The predicted octanol–water partition coefficient (Wildman–Crippen LogP) is 3.41. The summed E-state index contributed by atoms with van der Waals surface area (Å²) in [6.07, 6.45) is -1.91. The largest absolute Gasteiger partial charge is 0.416 e. The number of carbonyl (C=O) groups is 1. The van der Waals surface area contributed by atoms with Crippen LogP contribution in [0.2, 0.25) is 0 Å². The standard InChI is InChI=1S/C15H18F3N5O/c1-10(2)7-22(3)14(24)21-12-6-11(15(16,17)18)4-5-13(12)23-9-19-8-20-23/h4-6,8-10H,7H2,1-3H3,(H,21,24). The topological polar surface area (TPSA) is 63.1 Å². The van der Waals surface area contributed by atoms with Crippen molar-refractivity contribution in [3.63, 3.8) is 0 Å². The van der Waals surface area contributed by atoms with E-state index in [1.807, 2.05) is 13.8 Å². The first-order chi connectivity index (χ1) is 11.2. The van der Waals surface area contributed by atoms with Gasteiger partial charge in [0, 0.05) is 13.6 Å². The average Bonchev–Trinajstić information content (AvgIpc) is 2.99. The van der Waals surface area contributed by atoms with Crippen LogP contribution in [0, 0.1) is 5.92 Å². The molecule has 130 valence electrons. The highest BCUT2D eigenvalue weighted by Crippen LogP contribution is 2.33. The van der Waals surface area contributed by atoms with Crippen LogP contribution in [0.1, 0.15) is 19.4 Å². The smallest absolute Gasteiger partial charge is 0.327 e. The molecule has 1 aromatic carbocycles. The molecule has 2 rings (SSSR count). The summed E-state index contributed by atoms with van der Waals surface area (Å²) in [5.41, 5.74) is -0.545. The Morgan fingerprint density at radius 2 is 2.08 bits per heavy atom. The van der Waals surface area contributed by atoms with Gasteiger partial charge in [0.2, 0.25) is 0 Å². The van der Waals surface area contributed by atoms with Crippen molar-refractivity contribution in [2.75, 3.05) is 18.9 Å². The number of aromatic nitrogens is 3. The van der Waals surface area contributed by atoms with Gasteiger partial charge in [-0.15, -0.1) is 0 Å². The minimum Gasteiger partial charge on any atom is -0.327 e. The zero-order chi connectivity index (χ0) is 17.9. The molecule has 1 N–H and O–H groups in total. The number of rotatable bonds is 4. The highest BCUT2D eigenvalue weighted by molar-refractivity contribution is 5.91. The number of benzene rings is 1. The minimum atomic E-state index is -4.51. The van der Waals surface area contributed by atoms with Gasteiger partial charge in [-0.1, -0.05) is 13.8 Å². The van der Waals surface area contributed by atoms with E-state index in [4.69, 9.17) is 0 Å². The molecular weight excluding hydrogens is 323 g/mol. The molecule has 2 amide bonds. The van der Waals surface area contributed by atoms with E-state index in [9.17, 15) is 18.0 Å². The van der Waals surface area contributed by atoms with Crippen LogP contribution in [0.3, 0.4) is 0 Å². The number of carbonyl (C=O) groups excluding carboxylic acids is 1. The molecule has 9 heteroatoms. The van der Waals surface area contributed by atoms with Crippen molar-refractivity contribution in [3.05, 3.63) is 36.4 Å². The zero-order valence-electron chi connectivity index (χ0n) is 13.5. The van der Waals surface area contributed by atoms with Crippen LogP contribution in [0.15, 0.2) is 30.9 Å². The average molecular weight is 341 g/mol. The van der Waals surface area contributed by atoms with E-state index in [-0.39, 0.29) is 11.6 Å². The second-order valence-electron chi connectivity index (χ2n) is 5.77. The molecule has 2 aromatic rings. The normalized spacial score (nSPS) is 11.6. The SMILES string of the molecule is CC(C)CN(C)C(=O)Nc1cc(C(F)(F)F)ccc1-n1cncn1. The number of anilines is 1. The molecule has 0 aliphatic rings. The zero-order valence-corrected chi connectivity index (χ0v) is 13.5. The predicted molar refractivity (Wildman–Crippen MR) is 82.8 cm³/mol. The number of nitrogens with zero attached hydrogens (tertiary/aromatic N) is 4. The Labute approximate surface area is 137 Å². The first-order valence-corrected chi connectivity index (χ1v) is 7.27. The molecule has 24 heavy (non-hydrogen) atoms. The molecular formula is C15H18F3N5O. The molecule has 0 saturated heterocycles. The maximum atomic E-state index is 13.0. The van der Waals surface area contributed by atoms with Crippen LogP contribution in [-0.4, -0.2) is 39.3 Å². The Balaban J connectivity index is 2.36. The van der Waals surface area contributed by atoms with Gasteiger partial charge in [0.1, 0.15) is 12.7 Å². The van der Waals surface area contributed by atoms with Gasteiger partial charge in [-0.2, -0.15) is 18.3 Å². The molecule has 0 atom stereocenters. The van der Waals surface area contributed by atoms with Crippen LogP contribution in [0.5, 0.6) is 0 Å². The summed E-state index contributed by atoms with van der Waals surface area (Å²) >= 11 is 0. The number of amides is 2. The first kappa shape index (κ1) is 17.8. The van der Waals surface area contributed by atoms with Crippen molar-refractivity contribution in [2.45, 2.75) is 20.0 Å². The summed E-state index contributed by atoms with van der Waals surface area (Å²) in [6, 6.07) is 2.57. The molecule has 0 spiro atoms. The van der Waals surface area contributed by atoms with Crippen molar-refractivity contribution in [1.29, 1.82) is 0 Å². The monoisotopic (exact) mass is 341 g/mol. The maximum absolute atomic E-state index is 13.0. The fraction of sp³-hybridized carbons (Fsp3) is 0.400. The van der Waals surface area contributed by atoms with E-state index < -0.39 is 17.8 Å². The molecule has 1 heterocycles. The summed E-state index contributed by atoms with van der Waals surface area (Å²) < 4.78 is 40.1. The molecule has 0 aliphatic heterocycles. The second kappa shape index (κ2) is 6.90. The number of urea groups is 1. The highest BCUT2D eigenvalue weighted by Gasteiger charge is 2.31. The Morgan fingerprint density at radius 1 is 1.38 bits per heavy atom. The Kier molecular flexibility index (Phi) is 5.10. The number of alkyl halides is 3. The molecule has 0 aliphatic carbocycles. The summed E-state index contributed by atoms with van der Waals surface area (Å²) in [6.45, 7) is 4.35. The number of hydrogen-bond acceptors (Lipinski definition) is 3. The summed E-state index contributed by atoms with van der Waals surface area (Å²) in [4.78, 5) is 17.4. The lowest BCUT2D eigenvalue weighted by atomic mass is 10.1. The summed E-state index contributed by atoms with van der Waals surface area (Å²) in [5.74, 6) is 0.233. The highest BCUT2D eigenvalue weighted by atomic mass is 19.4. The van der Waals surface area contributed by atoms with Crippen molar-refractivity contribution in [3.8, 4) is 5.69 Å². The van der Waals surface area contributed by atoms with Crippen LogP contribution < -0.4 is 5.32 Å². The van der Waals surface area contributed by atoms with Gasteiger partial charge < -0.3 is 10.2 Å². The van der Waals surface area contributed by atoms with Gasteiger partial charge in [-0.05, 0) is 24.1 Å². The van der Waals surface area contributed by atoms with E-state index in [1.165, 1.54) is 28.3 Å². The van der Waals surface area contributed by atoms with Crippen molar-refractivity contribution < 1.29 is 18.0 Å². The van der Waals surface area contributed by atoms with Gasteiger partial charge in [0.25, 0.3) is 0 Å². The van der Waals surface area contributed by atoms with E-state index in [0.29, 0.717) is 12.2 Å². The molecule has 0 bridgehead atoms. The van der Waals surface area contributed by atoms with Crippen molar-refractivity contribution >= 4 is 11.7 Å². The number of hydrogen-bond donors (Lipinski definition) is 1. The molecule has 0 unspecified atom stereocenters. The lowest BCUT2D eigenvalue weighted by Gasteiger charge is -2.21. The maximum Gasteiger partial charge on any atom is 0.416 e. The Bertz CT molecular complexity index is 698. The van der Waals surface area contributed by atoms with Gasteiger partial charge in [-0.25, -0.2) is 14.5 Å². The second-order valence-corrected chi connectivity index (χ2v) is 5.77. The van der Waals surface area contributed by atoms with Gasteiger partial charge in [-0.3, -0.25) is 0 Å². The Morgan fingerprint density at radius 3 is 2.62 bits per heavy atom. The summed E-state index contributed by atoms with van der Waals surface area (Å²) in [7, 11) is 1.58. The van der Waals surface area contributed by atoms with Gasteiger partial charge in [0.05, 0.1) is 16.9 Å². The molecule has 0 fully saturated rings. The van der Waals surface area contributed by atoms with Crippen LogP contribution >= 0.6 is 0 Å². The number of nitrogens with one attached hydrogen (secondary N) is 1. The first-order valence-electron chi connectivity index (χ1n) is 7.27. The lowest BCUT2D eigenvalue weighted by Crippen LogP contribution is -2.34. The van der Waals surface area contributed by atoms with Crippen LogP contribution in [0.4, 0.5) is 23.7 Å². The molecule has 6 nitrogen and oxygen atoms in total. The lowest BCUT2D eigenvalue weighted by molar-refractivity contribution is -0.137. The van der Waals surface area contributed by atoms with Crippen molar-refractivity contribution in [1.82, 2.24) is 19.7 Å². The minimum absolute atomic E-state index is 0.0101. The molecule has 0 radical (unpaired) electrons. The quantitative estimate of drug-likeness (QED) is 0.927. The van der Waals surface area contributed by atoms with E-state index >= 15 is 0 Å². The van der Waals surface area contributed by atoms with Crippen molar-refractivity contribution in [2.24, 2.45) is 5.92 Å². The molecule has 1 aromatic heterocycles. The fourth-order valence-electron chi connectivity index (χ4n) is 2.19. The van der Waals surface area contributed by atoms with E-state index in [1.54, 1.807) is 7.05 Å². The summed E-state index contributed by atoms with van der Waals surface area (Å²) in [5, 5.41) is 6.41. The third-order valence-corrected chi connectivity index (χ3v) is 3.22. The third-order valence-electron chi connectivity index (χ3n) is 3.22. The Hall–Kier alpha value is -2.58. The van der Waals surface area contributed by atoms with E-state index in [2.05, 4.69) is 15.4 Å². The number of halogens is 3. The fourth-order valence-corrected chi connectivity index (χ4v) is 2.19. The van der Waals surface area contributed by atoms with Crippen LogP contribution in [0.25, 0.3) is 5.69 Å². The van der Waals surface area contributed by atoms with Gasteiger partial charge in [0.15, 0.2) is 0 Å².